The number of nitrogens with two attached hydrogens (primary N) is 1. The van der Waals surface area contributed by atoms with Gasteiger partial charge in [0.1, 0.15) is 0 Å². The number of benzene rings is 1. The van der Waals surface area contributed by atoms with Crippen molar-refractivity contribution in [2.45, 2.75) is 12.8 Å². The van der Waals surface area contributed by atoms with Gasteiger partial charge >= 0.3 is 0 Å². The van der Waals surface area contributed by atoms with Crippen molar-refractivity contribution in [3.05, 3.63) is 35.9 Å². The van der Waals surface area contributed by atoms with Crippen molar-refractivity contribution >= 4 is 11.8 Å². The number of amides is 2. The molecule has 0 atom stereocenters. The highest BCUT2D eigenvalue weighted by Gasteiger charge is 2.04. The molecular formula is C13H19N3O2. The molecule has 0 aliphatic heterocycles. The number of nitrogens with one attached hydrogen (secondary N) is 2. The average Bonchev–Trinajstić information content (AvgIpc) is 2.42. The van der Waals surface area contributed by atoms with Crippen molar-refractivity contribution < 1.29 is 9.59 Å². The van der Waals surface area contributed by atoms with Gasteiger partial charge in [0.2, 0.25) is 5.91 Å². The van der Waals surface area contributed by atoms with E-state index in [1.807, 2.05) is 18.2 Å². The van der Waals surface area contributed by atoms with E-state index in [9.17, 15) is 9.59 Å². The molecule has 0 fully saturated rings. The van der Waals surface area contributed by atoms with E-state index in [1.54, 1.807) is 12.1 Å². The molecule has 1 aromatic rings. The second-order valence-electron chi connectivity index (χ2n) is 3.86. The van der Waals surface area contributed by atoms with Crippen LogP contribution in [0.5, 0.6) is 0 Å². The highest BCUT2D eigenvalue weighted by Crippen LogP contribution is 1.98. The van der Waals surface area contributed by atoms with Gasteiger partial charge in [-0.2, -0.15) is 0 Å². The summed E-state index contributed by atoms with van der Waals surface area (Å²) >= 11 is 0. The molecule has 98 valence electrons. The monoisotopic (exact) mass is 249 g/mol. The van der Waals surface area contributed by atoms with Gasteiger partial charge in [0.05, 0.1) is 0 Å². The molecule has 0 aliphatic carbocycles. The Kier molecular flexibility index (Phi) is 6.50. The molecule has 0 aliphatic rings. The largest absolute Gasteiger partial charge is 0.355 e. The van der Waals surface area contributed by atoms with E-state index in [4.69, 9.17) is 5.73 Å². The minimum atomic E-state index is -0.113. The molecule has 0 heterocycles. The molecule has 1 aromatic carbocycles. The zero-order chi connectivity index (χ0) is 13.2. The summed E-state index contributed by atoms with van der Waals surface area (Å²) in [4.78, 5) is 22.9. The normalized spacial score (nSPS) is 9.83. The van der Waals surface area contributed by atoms with E-state index in [-0.39, 0.29) is 11.8 Å². The van der Waals surface area contributed by atoms with Crippen molar-refractivity contribution in [3.8, 4) is 0 Å². The molecular weight excluding hydrogens is 230 g/mol. The van der Waals surface area contributed by atoms with Crippen LogP contribution in [0, 0.1) is 0 Å². The van der Waals surface area contributed by atoms with E-state index in [0.29, 0.717) is 38.0 Å². The minimum absolute atomic E-state index is 0.0330. The Labute approximate surface area is 107 Å². The average molecular weight is 249 g/mol. The third-order valence-corrected chi connectivity index (χ3v) is 2.37. The van der Waals surface area contributed by atoms with E-state index < -0.39 is 0 Å². The van der Waals surface area contributed by atoms with E-state index >= 15 is 0 Å². The van der Waals surface area contributed by atoms with Crippen LogP contribution in [0.3, 0.4) is 0 Å². The fourth-order valence-corrected chi connectivity index (χ4v) is 1.44. The van der Waals surface area contributed by atoms with Gasteiger partial charge < -0.3 is 16.4 Å². The predicted octanol–water partition coefficient (Wildman–Crippen LogP) is 0.271. The minimum Gasteiger partial charge on any atom is -0.355 e. The van der Waals surface area contributed by atoms with Gasteiger partial charge in [0.15, 0.2) is 0 Å². The summed E-state index contributed by atoms with van der Waals surface area (Å²) in [6.45, 7) is 1.43. The maximum atomic E-state index is 11.6. The van der Waals surface area contributed by atoms with Gasteiger partial charge in [-0.05, 0) is 18.6 Å². The van der Waals surface area contributed by atoms with Crippen molar-refractivity contribution in [2.24, 2.45) is 5.73 Å². The summed E-state index contributed by atoms with van der Waals surface area (Å²) in [5, 5.41) is 5.44. The van der Waals surface area contributed by atoms with E-state index in [1.165, 1.54) is 0 Å². The van der Waals surface area contributed by atoms with Crippen LogP contribution in [-0.4, -0.2) is 31.4 Å². The number of rotatable bonds is 7. The summed E-state index contributed by atoms with van der Waals surface area (Å²) in [6.07, 6.45) is 1.02. The summed E-state index contributed by atoms with van der Waals surface area (Å²) < 4.78 is 0. The van der Waals surface area contributed by atoms with Crippen LogP contribution in [-0.2, 0) is 4.79 Å². The Balaban J connectivity index is 2.15. The maximum Gasteiger partial charge on any atom is 0.251 e. The van der Waals surface area contributed by atoms with Crippen LogP contribution in [0.15, 0.2) is 30.3 Å². The number of hydrogen-bond acceptors (Lipinski definition) is 3. The second-order valence-corrected chi connectivity index (χ2v) is 3.86. The lowest BCUT2D eigenvalue weighted by molar-refractivity contribution is -0.121. The van der Waals surface area contributed by atoms with Gasteiger partial charge in [0.25, 0.3) is 5.91 Å². The van der Waals surface area contributed by atoms with Gasteiger partial charge in [-0.25, -0.2) is 0 Å². The molecule has 2 amide bonds. The topological polar surface area (TPSA) is 84.2 Å². The molecule has 0 saturated heterocycles. The van der Waals surface area contributed by atoms with Gasteiger partial charge in [-0.3, -0.25) is 9.59 Å². The van der Waals surface area contributed by atoms with Crippen molar-refractivity contribution in [2.75, 3.05) is 19.6 Å². The Hall–Kier alpha value is -1.88. The zero-order valence-electron chi connectivity index (χ0n) is 10.3. The van der Waals surface area contributed by atoms with Crippen LogP contribution < -0.4 is 16.4 Å². The smallest absolute Gasteiger partial charge is 0.251 e. The lowest BCUT2D eigenvalue weighted by Crippen LogP contribution is -2.30. The number of hydrogen-bond donors (Lipinski definition) is 3. The SMILES string of the molecule is NCCNC(=O)CCCNC(=O)c1ccccc1. The molecule has 18 heavy (non-hydrogen) atoms. The van der Waals surface area contributed by atoms with Crippen LogP contribution in [0.4, 0.5) is 0 Å². The van der Waals surface area contributed by atoms with Crippen molar-refractivity contribution in [1.29, 1.82) is 0 Å². The van der Waals surface area contributed by atoms with E-state index in [2.05, 4.69) is 10.6 Å². The first-order valence-electron chi connectivity index (χ1n) is 6.04. The fraction of sp³-hybridized carbons (Fsp3) is 0.385. The summed E-state index contributed by atoms with van der Waals surface area (Å²) in [5.74, 6) is -0.146. The third-order valence-electron chi connectivity index (χ3n) is 2.37. The van der Waals surface area contributed by atoms with Crippen LogP contribution >= 0.6 is 0 Å². The number of carbonyl (C=O) groups excluding carboxylic acids is 2. The van der Waals surface area contributed by atoms with Crippen molar-refractivity contribution in [3.63, 3.8) is 0 Å². The van der Waals surface area contributed by atoms with Crippen LogP contribution in [0.2, 0.25) is 0 Å². The Morgan fingerprint density at radius 2 is 1.78 bits per heavy atom. The molecule has 0 spiro atoms. The van der Waals surface area contributed by atoms with Crippen molar-refractivity contribution in [1.82, 2.24) is 10.6 Å². The first kappa shape index (κ1) is 14.2. The third kappa shape index (κ3) is 5.45. The first-order valence-corrected chi connectivity index (χ1v) is 6.04. The Bertz CT molecular complexity index is 379. The van der Waals surface area contributed by atoms with Crippen LogP contribution in [0.1, 0.15) is 23.2 Å². The first-order chi connectivity index (χ1) is 8.74. The second kappa shape index (κ2) is 8.25. The standard InChI is InChI=1S/C13H19N3O2/c14-8-10-15-12(17)7-4-9-16-13(18)11-5-2-1-3-6-11/h1-3,5-6H,4,7-10,14H2,(H,15,17)(H,16,18). The lowest BCUT2D eigenvalue weighted by atomic mass is 10.2. The van der Waals surface area contributed by atoms with Gasteiger partial charge in [-0.1, -0.05) is 18.2 Å². The molecule has 5 heteroatoms. The molecule has 0 saturated carbocycles. The highest BCUT2D eigenvalue weighted by molar-refractivity contribution is 5.94. The lowest BCUT2D eigenvalue weighted by Gasteiger charge is -2.05. The van der Waals surface area contributed by atoms with Crippen LogP contribution in [0.25, 0.3) is 0 Å². The zero-order valence-corrected chi connectivity index (χ0v) is 10.3. The molecule has 0 aromatic heterocycles. The molecule has 0 radical (unpaired) electrons. The molecule has 1 rings (SSSR count). The number of carbonyl (C=O) groups is 2. The molecule has 5 nitrogen and oxygen atoms in total. The highest BCUT2D eigenvalue weighted by atomic mass is 16.2. The Morgan fingerprint density at radius 3 is 2.44 bits per heavy atom. The quantitative estimate of drug-likeness (QED) is 0.606. The fourth-order valence-electron chi connectivity index (χ4n) is 1.44. The predicted molar refractivity (Wildman–Crippen MR) is 70.1 cm³/mol. The van der Waals surface area contributed by atoms with E-state index in [0.717, 1.165) is 0 Å². The Morgan fingerprint density at radius 1 is 1.06 bits per heavy atom. The summed E-state index contributed by atoms with van der Waals surface area (Å²) in [6, 6.07) is 9.00. The summed E-state index contributed by atoms with van der Waals surface area (Å²) in [5.41, 5.74) is 5.89. The molecule has 0 bridgehead atoms. The maximum absolute atomic E-state index is 11.6. The molecule has 0 unspecified atom stereocenters. The molecule has 4 N–H and O–H groups in total. The summed E-state index contributed by atoms with van der Waals surface area (Å²) in [7, 11) is 0. The van der Waals surface area contributed by atoms with Gasteiger partial charge in [-0.15, -0.1) is 0 Å². The van der Waals surface area contributed by atoms with Gasteiger partial charge in [0, 0.05) is 31.6 Å².